The molecular weight excluding hydrogens is 182 g/mol. The number of nitrogens with zero attached hydrogens (tertiary/aromatic N) is 2. The summed E-state index contributed by atoms with van der Waals surface area (Å²) in [5.74, 6) is 1.00. The molecule has 1 unspecified atom stereocenters. The smallest absolute Gasteiger partial charge is 0.0912 e. The molecule has 0 saturated heterocycles. The van der Waals surface area contributed by atoms with Crippen LogP contribution < -0.4 is 5.32 Å². The summed E-state index contributed by atoms with van der Waals surface area (Å²) in [5.41, 5.74) is 1.10. The standard InChI is InChI=1S/C9H15N3S/c1-10-8(5-4-7-2-3-7)9-6-11-13-12-9/h6-8,10H,2-5H2,1H3. The van der Waals surface area contributed by atoms with Crippen LogP contribution in [0.25, 0.3) is 0 Å². The lowest BCUT2D eigenvalue weighted by molar-refractivity contribution is 0.499. The van der Waals surface area contributed by atoms with Crippen molar-refractivity contribution < 1.29 is 0 Å². The molecule has 1 aliphatic rings. The molecule has 1 fully saturated rings. The third kappa shape index (κ3) is 2.48. The van der Waals surface area contributed by atoms with Gasteiger partial charge >= 0.3 is 0 Å². The molecule has 0 amide bonds. The predicted octanol–water partition coefficient (Wildman–Crippen LogP) is 1.99. The Morgan fingerprint density at radius 2 is 2.54 bits per heavy atom. The third-order valence-corrected chi connectivity index (χ3v) is 3.14. The molecule has 1 aliphatic carbocycles. The van der Waals surface area contributed by atoms with E-state index in [1.807, 2.05) is 13.2 Å². The molecule has 1 aromatic rings. The van der Waals surface area contributed by atoms with Crippen molar-refractivity contribution in [3.63, 3.8) is 0 Å². The minimum absolute atomic E-state index is 0.416. The second kappa shape index (κ2) is 4.15. The highest BCUT2D eigenvalue weighted by molar-refractivity contribution is 6.99. The van der Waals surface area contributed by atoms with Crippen LogP contribution in [-0.2, 0) is 0 Å². The minimum Gasteiger partial charge on any atom is -0.312 e. The van der Waals surface area contributed by atoms with Crippen LogP contribution in [0.4, 0.5) is 0 Å². The molecule has 0 radical (unpaired) electrons. The molecule has 1 atom stereocenters. The summed E-state index contributed by atoms with van der Waals surface area (Å²) in [6.45, 7) is 0. The Hall–Kier alpha value is -0.480. The van der Waals surface area contributed by atoms with E-state index >= 15 is 0 Å². The molecule has 0 aliphatic heterocycles. The summed E-state index contributed by atoms with van der Waals surface area (Å²) in [6.07, 6.45) is 7.28. The Morgan fingerprint density at radius 1 is 1.69 bits per heavy atom. The topological polar surface area (TPSA) is 37.8 Å². The van der Waals surface area contributed by atoms with Crippen LogP contribution in [0.2, 0.25) is 0 Å². The second-order valence-corrected chi connectivity index (χ2v) is 4.25. The molecule has 1 heterocycles. The number of hydrogen-bond acceptors (Lipinski definition) is 4. The molecule has 2 rings (SSSR count). The summed E-state index contributed by atoms with van der Waals surface area (Å²) in [4.78, 5) is 0. The molecule has 1 saturated carbocycles. The largest absolute Gasteiger partial charge is 0.312 e. The van der Waals surface area contributed by atoms with Crippen LogP contribution >= 0.6 is 11.7 Å². The Kier molecular flexibility index (Phi) is 2.90. The molecule has 0 bridgehead atoms. The van der Waals surface area contributed by atoms with Gasteiger partial charge in [0.15, 0.2) is 0 Å². The van der Waals surface area contributed by atoms with Crippen LogP contribution in [0.5, 0.6) is 0 Å². The maximum absolute atomic E-state index is 4.25. The zero-order valence-corrected chi connectivity index (χ0v) is 8.68. The monoisotopic (exact) mass is 197 g/mol. The predicted molar refractivity (Wildman–Crippen MR) is 53.7 cm³/mol. The average molecular weight is 197 g/mol. The summed E-state index contributed by atoms with van der Waals surface area (Å²) < 4.78 is 8.28. The van der Waals surface area contributed by atoms with E-state index in [9.17, 15) is 0 Å². The second-order valence-electron chi connectivity index (χ2n) is 3.69. The van der Waals surface area contributed by atoms with Gasteiger partial charge in [0.25, 0.3) is 0 Å². The van der Waals surface area contributed by atoms with Crippen molar-refractivity contribution in [3.8, 4) is 0 Å². The lowest BCUT2D eigenvalue weighted by Crippen LogP contribution is -2.16. The van der Waals surface area contributed by atoms with Gasteiger partial charge in [-0.25, -0.2) is 0 Å². The average Bonchev–Trinajstić information content (AvgIpc) is 2.81. The normalized spacial score (nSPS) is 18.8. The van der Waals surface area contributed by atoms with Gasteiger partial charge in [-0.3, -0.25) is 0 Å². The SMILES string of the molecule is CNC(CCC1CC1)c1cnsn1. The van der Waals surface area contributed by atoms with Gasteiger partial charge in [-0.2, -0.15) is 8.75 Å². The molecule has 72 valence electrons. The van der Waals surface area contributed by atoms with E-state index in [-0.39, 0.29) is 0 Å². The highest BCUT2D eigenvalue weighted by Crippen LogP contribution is 2.35. The van der Waals surface area contributed by atoms with Gasteiger partial charge in [-0.05, 0) is 25.8 Å². The minimum atomic E-state index is 0.416. The van der Waals surface area contributed by atoms with Crippen LogP contribution in [0.3, 0.4) is 0 Å². The van der Waals surface area contributed by atoms with E-state index in [2.05, 4.69) is 14.1 Å². The fourth-order valence-electron chi connectivity index (χ4n) is 1.57. The van der Waals surface area contributed by atoms with Gasteiger partial charge in [-0.1, -0.05) is 12.8 Å². The summed E-state index contributed by atoms with van der Waals surface area (Å²) in [6, 6.07) is 0.416. The first-order valence-corrected chi connectivity index (χ1v) is 5.58. The molecular formula is C9H15N3S. The lowest BCUT2D eigenvalue weighted by Gasteiger charge is -2.12. The Balaban J connectivity index is 1.85. The Morgan fingerprint density at radius 3 is 3.08 bits per heavy atom. The van der Waals surface area contributed by atoms with Gasteiger partial charge in [0, 0.05) is 0 Å². The molecule has 0 spiro atoms. The zero-order chi connectivity index (χ0) is 9.10. The first-order valence-electron chi connectivity index (χ1n) is 4.85. The maximum atomic E-state index is 4.25. The zero-order valence-electron chi connectivity index (χ0n) is 7.86. The summed E-state index contributed by atoms with van der Waals surface area (Å²) in [7, 11) is 2.00. The Labute approximate surface area is 82.9 Å². The lowest BCUT2D eigenvalue weighted by atomic mass is 10.1. The number of hydrogen-bond donors (Lipinski definition) is 1. The van der Waals surface area contributed by atoms with Crippen LogP contribution in [0.1, 0.15) is 37.4 Å². The third-order valence-electron chi connectivity index (χ3n) is 2.64. The van der Waals surface area contributed by atoms with Gasteiger partial charge < -0.3 is 5.32 Å². The van der Waals surface area contributed by atoms with Gasteiger partial charge in [0.05, 0.1) is 29.7 Å². The van der Waals surface area contributed by atoms with Crippen molar-refractivity contribution in [2.45, 2.75) is 31.7 Å². The van der Waals surface area contributed by atoms with Crippen LogP contribution in [0, 0.1) is 5.92 Å². The van der Waals surface area contributed by atoms with E-state index in [0.717, 1.165) is 11.6 Å². The molecule has 1 N–H and O–H groups in total. The molecule has 13 heavy (non-hydrogen) atoms. The molecule has 4 heteroatoms. The Bertz CT molecular complexity index is 243. The summed E-state index contributed by atoms with van der Waals surface area (Å²) in [5, 5.41) is 3.29. The summed E-state index contributed by atoms with van der Waals surface area (Å²) >= 11 is 1.29. The van der Waals surface area contributed by atoms with Crippen molar-refractivity contribution in [3.05, 3.63) is 11.9 Å². The van der Waals surface area contributed by atoms with E-state index in [4.69, 9.17) is 0 Å². The van der Waals surface area contributed by atoms with E-state index in [1.165, 1.54) is 37.4 Å². The van der Waals surface area contributed by atoms with Crippen LogP contribution in [0.15, 0.2) is 6.20 Å². The highest BCUT2D eigenvalue weighted by Gasteiger charge is 2.23. The van der Waals surface area contributed by atoms with Gasteiger partial charge in [0.1, 0.15) is 0 Å². The van der Waals surface area contributed by atoms with Crippen molar-refractivity contribution in [2.75, 3.05) is 7.05 Å². The molecule has 3 nitrogen and oxygen atoms in total. The van der Waals surface area contributed by atoms with Crippen molar-refractivity contribution in [2.24, 2.45) is 5.92 Å². The van der Waals surface area contributed by atoms with Gasteiger partial charge in [-0.15, -0.1) is 0 Å². The first-order chi connectivity index (χ1) is 6.40. The highest BCUT2D eigenvalue weighted by atomic mass is 32.1. The van der Waals surface area contributed by atoms with Crippen LogP contribution in [-0.4, -0.2) is 15.8 Å². The maximum Gasteiger partial charge on any atom is 0.0912 e. The number of aromatic nitrogens is 2. The van der Waals surface area contributed by atoms with E-state index in [0.29, 0.717) is 6.04 Å². The van der Waals surface area contributed by atoms with E-state index < -0.39 is 0 Å². The number of rotatable bonds is 5. The fourth-order valence-corrected chi connectivity index (χ4v) is 2.05. The van der Waals surface area contributed by atoms with E-state index in [1.54, 1.807) is 0 Å². The molecule has 1 aromatic heterocycles. The first kappa shape index (κ1) is 9.09. The van der Waals surface area contributed by atoms with Gasteiger partial charge in [0.2, 0.25) is 0 Å². The number of nitrogens with one attached hydrogen (secondary N) is 1. The van der Waals surface area contributed by atoms with Crippen molar-refractivity contribution >= 4 is 11.7 Å². The fraction of sp³-hybridized carbons (Fsp3) is 0.778. The molecule has 0 aromatic carbocycles. The van der Waals surface area contributed by atoms with Crippen molar-refractivity contribution in [1.82, 2.24) is 14.1 Å². The quantitative estimate of drug-likeness (QED) is 0.784. The van der Waals surface area contributed by atoms with Crippen molar-refractivity contribution in [1.29, 1.82) is 0 Å².